The van der Waals surface area contributed by atoms with Crippen LogP contribution in [0.4, 0.5) is 13.2 Å². The Morgan fingerprint density at radius 3 is 2.60 bits per heavy atom. The Kier molecular flexibility index (Phi) is 5.27. The van der Waals surface area contributed by atoms with E-state index in [1.165, 1.54) is 12.3 Å². The van der Waals surface area contributed by atoms with Gasteiger partial charge in [0.2, 0.25) is 0 Å². The van der Waals surface area contributed by atoms with Gasteiger partial charge < -0.3 is 9.47 Å². The Morgan fingerprint density at radius 2 is 1.93 bits per heavy atom. The van der Waals surface area contributed by atoms with E-state index in [0.717, 1.165) is 17.8 Å². The molecule has 0 atom stereocenters. The molecular weight excluding hydrogens is 395 g/mol. The fourth-order valence-corrected chi connectivity index (χ4v) is 3.66. The summed E-state index contributed by atoms with van der Waals surface area (Å²) in [6.07, 6.45) is 3.45. The van der Waals surface area contributed by atoms with Crippen LogP contribution in [0.3, 0.4) is 0 Å². The zero-order chi connectivity index (χ0) is 21.3. The lowest BCUT2D eigenvalue weighted by Gasteiger charge is -2.31. The minimum atomic E-state index is -4.41. The van der Waals surface area contributed by atoms with Gasteiger partial charge >= 0.3 is 6.18 Å². The molecule has 9 heteroatoms. The van der Waals surface area contributed by atoms with Crippen LogP contribution in [-0.2, 0) is 13.2 Å². The van der Waals surface area contributed by atoms with Gasteiger partial charge in [0.1, 0.15) is 0 Å². The molecule has 3 heterocycles. The number of alkyl halides is 3. The van der Waals surface area contributed by atoms with Crippen LogP contribution in [0.2, 0.25) is 0 Å². The van der Waals surface area contributed by atoms with Gasteiger partial charge in [-0.25, -0.2) is 9.97 Å². The van der Waals surface area contributed by atoms with Crippen LogP contribution in [0.1, 0.15) is 40.6 Å². The standard InChI is InChI=1S/C21H20F3N5O/c1-28-10-7-26-19(28)20(30)29-8-5-14(6-9-29)17-12-25-13-18(27-17)15-3-2-4-16(11-15)21(22,23)24/h2-4,7,10-14H,5-6,8-9H2,1H3. The van der Waals surface area contributed by atoms with Crippen molar-refractivity contribution in [2.45, 2.75) is 24.9 Å². The van der Waals surface area contributed by atoms with Gasteiger partial charge in [-0.15, -0.1) is 0 Å². The Morgan fingerprint density at radius 1 is 1.17 bits per heavy atom. The first kappa shape index (κ1) is 20.1. The van der Waals surface area contributed by atoms with Crippen molar-refractivity contribution in [3.05, 3.63) is 66.1 Å². The molecular formula is C21H20F3N5O. The molecule has 1 aliphatic heterocycles. The minimum absolute atomic E-state index is 0.0914. The van der Waals surface area contributed by atoms with Crippen molar-refractivity contribution in [3.63, 3.8) is 0 Å². The molecule has 6 nitrogen and oxygen atoms in total. The lowest BCUT2D eigenvalue weighted by molar-refractivity contribution is -0.137. The molecule has 0 N–H and O–H groups in total. The van der Waals surface area contributed by atoms with Crippen molar-refractivity contribution in [1.82, 2.24) is 24.4 Å². The van der Waals surface area contributed by atoms with Crippen molar-refractivity contribution < 1.29 is 18.0 Å². The summed E-state index contributed by atoms with van der Waals surface area (Å²) in [6.45, 7) is 1.12. The molecule has 1 amide bonds. The van der Waals surface area contributed by atoms with Crippen LogP contribution in [0.5, 0.6) is 0 Å². The second kappa shape index (κ2) is 7.89. The van der Waals surface area contributed by atoms with E-state index >= 15 is 0 Å². The van der Waals surface area contributed by atoms with Gasteiger partial charge in [0.05, 0.1) is 23.1 Å². The quantitative estimate of drug-likeness (QED) is 0.651. The molecule has 4 rings (SSSR count). The number of nitrogens with zero attached hydrogens (tertiary/aromatic N) is 5. The topological polar surface area (TPSA) is 63.9 Å². The highest BCUT2D eigenvalue weighted by molar-refractivity contribution is 5.90. The predicted molar refractivity (Wildman–Crippen MR) is 104 cm³/mol. The molecule has 1 fully saturated rings. The number of amides is 1. The molecule has 0 spiro atoms. The van der Waals surface area contributed by atoms with E-state index in [-0.39, 0.29) is 11.8 Å². The van der Waals surface area contributed by atoms with Gasteiger partial charge in [-0.2, -0.15) is 13.2 Å². The number of carbonyl (C=O) groups excluding carboxylic acids is 1. The Labute approximate surface area is 171 Å². The SMILES string of the molecule is Cn1ccnc1C(=O)N1CCC(c2cncc(-c3cccc(C(F)(F)F)c3)n2)CC1. The van der Waals surface area contributed by atoms with E-state index in [2.05, 4.69) is 15.0 Å². The van der Waals surface area contributed by atoms with E-state index in [1.54, 1.807) is 41.2 Å². The van der Waals surface area contributed by atoms with Crippen molar-refractivity contribution in [1.29, 1.82) is 0 Å². The number of piperidine rings is 1. The smallest absolute Gasteiger partial charge is 0.336 e. The molecule has 30 heavy (non-hydrogen) atoms. The van der Waals surface area contributed by atoms with Crippen molar-refractivity contribution in [3.8, 4) is 11.3 Å². The summed E-state index contributed by atoms with van der Waals surface area (Å²) in [5, 5.41) is 0. The number of hydrogen-bond acceptors (Lipinski definition) is 4. The number of imidazole rings is 1. The van der Waals surface area contributed by atoms with Gasteiger partial charge in [0, 0.05) is 50.2 Å². The summed E-state index contributed by atoms with van der Waals surface area (Å²) in [4.78, 5) is 27.2. The zero-order valence-electron chi connectivity index (χ0n) is 16.3. The Hall–Kier alpha value is -3.23. The van der Waals surface area contributed by atoms with Crippen molar-refractivity contribution >= 4 is 5.91 Å². The van der Waals surface area contributed by atoms with E-state index < -0.39 is 11.7 Å². The molecule has 1 saturated heterocycles. The van der Waals surface area contributed by atoms with E-state index in [1.807, 2.05) is 0 Å². The third-order valence-corrected chi connectivity index (χ3v) is 5.35. The van der Waals surface area contributed by atoms with Crippen LogP contribution < -0.4 is 0 Å². The van der Waals surface area contributed by atoms with E-state index in [9.17, 15) is 18.0 Å². The average Bonchev–Trinajstić information content (AvgIpc) is 3.19. The van der Waals surface area contributed by atoms with Crippen LogP contribution in [0.15, 0.2) is 49.1 Å². The number of aryl methyl sites for hydroxylation is 1. The molecule has 3 aromatic rings. The largest absolute Gasteiger partial charge is 0.416 e. The number of rotatable bonds is 3. The maximum Gasteiger partial charge on any atom is 0.416 e. The second-order valence-electron chi connectivity index (χ2n) is 7.34. The van der Waals surface area contributed by atoms with Crippen LogP contribution in [-0.4, -0.2) is 43.4 Å². The van der Waals surface area contributed by atoms with Crippen molar-refractivity contribution in [2.24, 2.45) is 7.05 Å². The summed E-state index contributed by atoms with van der Waals surface area (Å²) < 4.78 is 40.7. The number of benzene rings is 1. The number of halogens is 3. The normalized spacial score (nSPS) is 15.4. The summed E-state index contributed by atoms with van der Waals surface area (Å²) in [5.74, 6) is 0.387. The average molecular weight is 415 g/mol. The van der Waals surface area contributed by atoms with Gasteiger partial charge in [-0.3, -0.25) is 9.78 Å². The van der Waals surface area contributed by atoms with Gasteiger partial charge in [0.25, 0.3) is 5.91 Å². The summed E-state index contributed by atoms with van der Waals surface area (Å²) in [6, 6.07) is 5.09. The first-order valence-corrected chi connectivity index (χ1v) is 9.59. The minimum Gasteiger partial charge on any atom is -0.336 e. The lowest BCUT2D eigenvalue weighted by Crippen LogP contribution is -2.39. The molecule has 1 aliphatic rings. The van der Waals surface area contributed by atoms with Gasteiger partial charge in [-0.05, 0) is 25.0 Å². The highest BCUT2D eigenvalue weighted by Crippen LogP contribution is 2.32. The molecule has 0 bridgehead atoms. The molecule has 2 aromatic heterocycles. The molecule has 0 saturated carbocycles. The van der Waals surface area contributed by atoms with Crippen LogP contribution >= 0.6 is 0 Å². The summed E-state index contributed by atoms with van der Waals surface area (Å²) in [5.41, 5.74) is 0.800. The predicted octanol–water partition coefficient (Wildman–Crippen LogP) is 3.92. The lowest BCUT2D eigenvalue weighted by atomic mass is 9.93. The first-order chi connectivity index (χ1) is 14.3. The molecule has 0 unspecified atom stereocenters. The number of hydrogen-bond donors (Lipinski definition) is 0. The molecule has 1 aromatic carbocycles. The zero-order valence-corrected chi connectivity index (χ0v) is 16.3. The third kappa shape index (κ3) is 4.05. The number of carbonyl (C=O) groups is 1. The highest BCUT2D eigenvalue weighted by atomic mass is 19.4. The second-order valence-corrected chi connectivity index (χ2v) is 7.34. The Balaban J connectivity index is 1.48. The molecule has 156 valence electrons. The maximum absolute atomic E-state index is 13.0. The summed E-state index contributed by atoms with van der Waals surface area (Å²) in [7, 11) is 1.78. The third-order valence-electron chi connectivity index (χ3n) is 5.35. The number of likely N-dealkylation sites (tertiary alicyclic amines) is 1. The number of aromatic nitrogens is 4. The van der Waals surface area contributed by atoms with Gasteiger partial charge in [-0.1, -0.05) is 12.1 Å². The fourth-order valence-electron chi connectivity index (χ4n) is 3.66. The van der Waals surface area contributed by atoms with Gasteiger partial charge in [0.15, 0.2) is 5.82 Å². The van der Waals surface area contributed by atoms with E-state index in [4.69, 9.17) is 0 Å². The highest BCUT2D eigenvalue weighted by Gasteiger charge is 2.31. The molecule has 0 radical (unpaired) electrons. The fraction of sp³-hybridized carbons (Fsp3) is 0.333. The monoisotopic (exact) mass is 415 g/mol. The van der Waals surface area contributed by atoms with E-state index in [0.29, 0.717) is 43.0 Å². The molecule has 0 aliphatic carbocycles. The summed E-state index contributed by atoms with van der Waals surface area (Å²) >= 11 is 0. The van der Waals surface area contributed by atoms with Crippen molar-refractivity contribution in [2.75, 3.05) is 13.1 Å². The first-order valence-electron chi connectivity index (χ1n) is 9.59. The maximum atomic E-state index is 13.0. The van der Waals surface area contributed by atoms with Crippen LogP contribution in [0.25, 0.3) is 11.3 Å². The van der Waals surface area contributed by atoms with Crippen LogP contribution in [0, 0.1) is 0 Å². The Bertz CT molecular complexity index is 1050.